The van der Waals surface area contributed by atoms with Crippen LogP contribution in [0.15, 0.2) is 42.5 Å². The van der Waals surface area contributed by atoms with E-state index in [1.54, 1.807) is 11.3 Å². The molecule has 20 heavy (non-hydrogen) atoms. The van der Waals surface area contributed by atoms with Crippen LogP contribution in [-0.2, 0) is 17.8 Å². The first-order valence-corrected chi connectivity index (χ1v) is 7.58. The van der Waals surface area contributed by atoms with Crippen molar-refractivity contribution in [3.05, 3.63) is 57.8 Å². The minimum absolute atomic E-state index is 0.0933. The highest BCUT2D eigenvalue weighted by Gasteiger charge is 2.12. The number of aryl methyl sites for hydroxylation is 1. The Labute approximate surface area is 123 Å². The van der Waals surface area contributed by atoms with Crippen LogP contribution < -0.4 is 5.32 Å². The summed E-state index contributed by atoms with van der Waals surface area (Å²) in [5.41, 5.74) is 0.770. The van der Waals surface area contributed by atoms with Crippen molar-refractivity contribution in [3.63, 3.8) is 0 Å². The number of carbonyl (C=O) groups is 1. The summed E-state index contributed by atoms with van der Waals surface area (Å²) in [6.07, 6.45) is 0.368. The predicted molar refractivity (Wildman–Crippen MR) is 81.6 cm³/mol. The van der Waals surface area contributed by atoms with Crippen molar-refractivity contribution >= 4 is 17.2 Å². The smallest absolute Gasteiger partial charge is 0.223 e. The molecule has 2 aromatic rings. The zero-order valence-corrected chi connectivity index (χ0v) is 12.3. The first-order chi connectivity index (χ1) is 9.69. The van der Waals surface area contributed by atoms with Crippen molar-refractivity contribution < 1.29 is 9.90 Å². The Kier molecular flexibility index (Phi) is 5.32. The molecule has 1 amide bonds. The molecule has 2 rings (SSSR count). The second-order valence-corrected chi connectivity index (χ2v) is 5.88. The molecule has 4 heteroatoms. The number of carbonyl (C=O) groups excluding carboxylic acids is 1. The normalized spacial score (nSPS) is 12.1. The summed E-state index contributed by atoms with van der Waals surface area (Å²) in [7, 11) is 0. The van der Waals surface area contributed by atoms with Crippen LogP contribution in [0, 0.1) is 0 Å². The molecule has 3 nitrogen and oxygen atoms in total. The third-order valence-corrected chi connectivity index (χ3v) is 4.32. The predicted octanol–water partition coefficient (Wildman–Crippen LogP) is 3.05. The molecule has 1 aromatic heterocycles. The number of hydrogen-bond donors (Lipinski definition) is 2. The van der Waals surface area contributed by atoms with Crippen molar-refractivity contribution in [1.82, 2.24) is 5.32 Å². The molecule has 0 aliphatic rings. The van der Waals surface area contributed by atoms with E-state index in [0.717, 1.165) is 16.9 Å². The standard InChI is InChI=1S/C16H19NO2S/c1-2-13-8-9-14(20-13)11-17-16(19)10-15(18)12-6-4-3-5-7-12/h3-9,15,18H,2,10-11H2,1H3,(H,17,19). The summed E-state index contributed by atoms with van der Waals surface area (Å²) in [6, 6.07) is 13.4. The fourth-order valence-corrected chi connectivity index (χ4v) is 2.83. The Bertz CT molecular complexity index is 551. The molecule has 0 aliphatic heterocycles. The molecule has 1 unspecified atom stereocenters. The number of amides is 1. The summed E-state index contributed by atoms with van der Waals surface area (Å²) in [5, 5.41) is 12.8. The van der Waals surface area contributed by atoms with E-state index in [9.17, 15) is 9.90 Å². The first kappa shape index (κ1) is 14.8. The number of aliphatic hydroxyl groups is 1. The van der Waals surface area contributed by atoms with E-state index < -0.39 is 6.10 Å². The Morgan fingerprint density at radius 2 is 1.90 bits per heavy atom. The van der Waals surface area contributed by atoms with Crippen LogP contribution in [0.25, 0.3) is 0 Å². The molecular formula is C16H19NO2S. The minimum atomic E-state index is -0.745. The fraction of sp³-hybridized carbons (Fsp3) is 0.312. The molecule has 1 atom stereocenters. The van der Waals surface area contributed by atoms with Crippen LogP contribution in [0.4, 0.5) is 0 Å². The monoisotopic (exact) mass is 289 g/mol. The van der Waals surface area contributed by atoms with Gasteiger partial charge in [0.05, 0.1) is 19.1 Å². The zero-order valence-electron chi connectivity index (χ0n) is 11.5. The molecule has 0 radical (unpaired) electrons. The highest BCUT2D eigenvalue weighted by atomic mass is 32.1. The van der Waals surface area contributed by atoms with Gasteiger partial charge in [-0.05, 0) is 24.1 Å². The van der Waals surface area contributed by atoms with Crippen LogP contribution in [0.2, 0.25) is 0 Å². The molecule has 1 heterocycles. The van der Waals surface area contributed by atoms with Gasteiger partial charge in [0.2, 0.25) is 5.91 Å². The maximum Gasteiger partial charge on any atom is 0.223 e. The van der Waals surface area contributed by atoms with Crippen molar-refractivity contribution in [1.29, 1.82) is 0 Å². The van der Waals surface area contributed by atoms with Gasteiger partial charge in [0.25, 0.3) is 0 Å². The SMILES string of the molecule is CCc1ccc(CNC(=O)CC(O)c2ccccc2)s1. The van der Waals surface area contributed by atoms with E-state index in [1.165, 1.54) is 4.88 Å². The quantitative estimate of drug-likeness (QED) is 0.858. The van der Waals surface area contributed by atoms with Gasteiger partial charge in [0.15, 0.2) is 0 Å². The second-order valence-electron chi connectivity index (χ2n) is 4.63. The molecule has 0 saturated heterocycles. The van der Waals surface area contributed by atoms with Crippen LogP contribution in [0.3, 0.4) is 0 Å². The van der Waals surface area contributed by atoms with Gasteiger partial charge >= 0.3 is 0 Å². The fourth-order valence-electron chi connectivity index (χ4n) is 1.93. The van der Waals surface area contributed by atoms with E-state index in [-0.39, 0.29) is 12.3 Å². The number of nitrogens with one attached hydrogen (secondary N) is 1. The summed E-state index contributed by atoms with van der Waals surface area (Å²) in [6.45, 7) is 2.65. The number of rotatable bonds is 6. The lowest BCUT2D eigenvalue weighted by molar-refractivity contribution is -0.123. The molecule has 0 spiro atoms. The van der Waals surface area contributed by atoms with E-state index in [2.05, 4.69) is 18.3 Å². The lowest BCUT2D eigenvalue weighted by Gasteiger charge is -2.10. The van der Waals surface area contributed by atoms with Gasteiger partial charge < -0.3 is 10.4 Å². The Morgan fingerprint density at radius 3 is 2.55 bits per heavy atom. The molecule has 0 saturated carbocycles. The van der Waals surface area contributed by atoms with Crippen LogP contribution in [-0.4, -0.2) is 11.0 Å². The summed E-state index contributed by atoms with van der Waals surface area (Å²) < 4.78 is 0. The number of aliphatic hydroxyl groups excluding tert-OH is 1. The molecule has 1 aromatic carbocycles. The number of thiophene rings is 1. The van der Waals surface area contributed by atoms with Crippen LogP contribution in [0.5, 0.6) is 0 Å². The lowest BCUT2D eigenvalue weighted by Crippen LogP contribution is -2.24. The van der Waals surface area contributed by atoms with Crippen molar-refractivity contribution in [3.8, 4) is 0 Å². The summed E-state index contributed by atoms with van der Waals surface area (Å²) in [5.74, 6) is -0.132. The van der Waals surface area contributed by atoms with Gasteiger partial charge in [-0.3, -0.25) is 4.79 Å². The average molecular weight is 289 g/mol. The van der Waals surface area contributed by atoms with Gasteiger partial charge in [-0.2, -0.15) is 0 Å². The Hall–Kier alpha value is -1.65. The molecule has 0 bridgehead atoms. The average Bonchev–Trinajstić information content (AvgIpc) is 2.94. The lowest BCUT2D eigenvalue weighted by atomic mass is 10.1. The maximum atomic E-state index is 11.8. The molecular weight excluding hydrogens is 270 g/mol. The molecule has 0 aliphatic carbocycles. The topological polar surface area (TPSA) is 49.3 Å². The summed E-state index contributed by atoms with van der Waals surface area (Å²) >= 11 is 1.71. The number of hydrogen-bond acceptors (Lipinski definition) is 3. The largest absolute Gasteiger partial charge is 0.388 e. The van der Waals surface area contributed by atoms with E-state index in [4.69, 9.17) is 0 Å². The third-order valence-electron chi connectivity index (χ3n) is 3.09. The van der Waals surface area contributed by atoms with Crippen molar-refractivity contribution in [2.75, 3.05) is 0 Å². The molecule has 2 N–H and O–H groups in total. The zero-order chi connectivity index (χ0) is 14.4. The summed E-state index contributed by atoms with van der Waals surface area (Å²) in [4.78, 5) is 14.3. The Balaban J connectivity index is 1.80. The van der Waals surface area contributed by atoms with Gasteiger partial charge in [-0.25, -0.2) is 0 Å². The highest BCUT2D eigenvalue weighted by Crippen LogP contribution is 2.18. The maximum absolute atomic E-state index is 11.8. The second kappa shape index (κ2) is 7.22. The van der Waals surface area contributed by atoms with Crippen LogP contribution >= 0.6 is 11.3 Å². The minimum Gasteiger partial charge on any atom is -0.388 e. The number of benzene rings is 1. The van der Waals surface area contributed by atoms with E-state index in [0.29, 0.717) is 6.54 Å². The Morgan fingerprint density at radius 1 is 1.20 bits per heavy atom. The van der Waals surface area contributed by atoms with Gasteiger partial charge in [-0.1, -0.05) is 37.3 Å². The van der Waals surface area contributed by atoms with Gasteiger partial charge in [-0.15, -0.1) is 11.3 Å². The van der Waals surface area contributed by atoms with Crippen molar-refractivity contribution in [2.24, 2.45) is 0 Å². The highest BCUT2D eigenvalue weighted by molar-refractivity contribution is 7.11. The molecule has 106 valence electrons. The van der Waals surface area contributed by atoms with Crippen LogP contribution in [0.1, 0.15) is 34.8 Å². The van der Waals surface area contributed by atoms with Gasteiger partial charge in [0, 0.05) is 9.75 Å². The third kappa shape index (κ3) is 4.18. The molecule has 0 fully saturated rings. The first-order valence-electron chi connectivity index (χ1n) is 6.76. The van der Waals surface area contributed by atoms with Crippen molar-refractivity contribution in [2.45, 2.75) is 32.4 Å². The van der Waals surface area contributed by atoms with E-state index >= 15 is 0 Å². The van der Waals surface area contributed by atoms with Gasteiger partial charge in [0.1, 0.15) is 0 Å². The van der Waals surface area contributed by atoms with E-state index in [1.807, 2.05) is 36.4 Å².